The first-order chi connectivity index (χ1) is 11.9. The highest BCUT2D eigenvalue weighted by Crippen LogP contribution is 2.21. The lowest BCUT2D eigenvalue weighted by molar-refractivity contribution is -0.135. The standard InChI is InChI=1S/C20H31N3O2/c1-5-6-11-22(4)19(24)17-9-12-23(13-10-17)20(25)21-18-8-7-15(2)16(3)14-18/h7-8,14,17H,5-6,9-13H2,1-4H3,(H,21,25). The number of nitrogens with one attached hydrogen (secondary N) is 1. The SMILES string of the molecule is CCCCN(C)C(=O)C1CCN(C(=O)Nc2ccc(C)c(C)c2)CC1. The third-order valence-electron chi connectivity index (χ3n) is 5.11. The van der Waals surface area contributed by atoms with E-state index in [0.29, 0.717) is 13.1 Å². The topological polar surface area (TPSA) is 52.7 Å². The molecule has 3 amide bonds. The van der Waals surface area contributed by atoms with Crippen LogP contribution in [0.2, 0.25) is 0 Å². The number of hydrogen-bond acceptors (Lipinski definition) is 2. The van der Waals surface area contributed by atoms with Crippen molar-refractivity contribution in [2.75, 3.05) is 32.0 Å². The third kappa shape index (κ3) is 5.21. The van der Waals surface area contributed by atoms with Crippen molar-refractivity contribution < 1.29 is 9.59 Å². The molecule has 0 atom stereocenters. The van der Waals surface area contributed by atoms with Crippen LogP contribution in [0.5, 0.6) is 0 Å². The number of hydrogen-bond donors (Lipinski definition) is 1. The van der Waals surface area contributed by atoms with Crippen LogP contribution >= 0.6 is 0 Å². The minimum atomic E-state index is -0.0755. The van der Waals surface area contributed by atoms with Crippen molar-refractivity contribution in [3.63, 3.8) is 0 Å². The van der Waals surface area contributed by atoms with E-state index < -0.39 is 0 Å². The van der Waals surface area contributed by atoms with E-state index in [0.717, 1.165) is 43.5 Å². The average Bonchev–Trinajstić information content (AvgIpc) is 2.62. The van der Waals surface area contributed by atoms with Crippen molar-refractivity contribution in [2.45, 2.75) is 46.5 Å². The number of carbonyl (C=O) groups is 2. The number of piperidine rings is 1. The summed E-state index contributed by atoms with van der Waals surface area (Å²) in [5.74, 6) is 0.273. The molecular formula is C20H31N3O2. The Morgan fingerprint density at radius 3 is 2.48 bits per heavy atom. The largest absolute Gasteiger partial charge is 0.346 e. The Morgan fingerprint density at radius 1 is 1.20 bits per heavy atom. The highest BCUT2D eigenvalue weighted by molar-refractivity contribution is 5.89. The van der Waals surface area contributed by atoms with Gasteiger partial charge in [-0.25, -0.2) is 4.79 Å². The summed E-state index contributed by atoms with van der Waals surface area (Å²) in [5.41, 5.74) is 3.20. The van der Waals surface area contributed by atoms with Crippen LogP contribution in [0.4, 0.5) is 10.5 Å². The number of carbonyl (C=O) groups excluding carboxylic acids is 2. The second-order valence-electron chi connectivity index (χ2n) is 7.10. The Bertz CT molecular complexity index is 607. The predicted octanol–water partition coefficient (Wildman–Crippen LogP) is 3.81. The monoisotopic (exact) mass is 345 g/mol. The molecule has 0 aromatic heterocycles. The number of aryl methyl sites for hydroxylation is 2. The van der Waals surface area contributed by atoms with Crippen molar-refractivity contribution in [3.8, 4) is 0 Å². The summed E-state index contributed by atoms with van der Waals surface area (Å²) in [6.07, 6.45) is 3.62. The quantitative estimate of drug-likeness (QED) is 0.882. The van der Waals surface area contributed by atoms with E-state index >= 15 is 0 Å². The fraction of sp³-hybridized carbons (Fsp3) is 0.600. The normalized spacial score (nSPS) is 15.1. The fourth-order valence-corrected chi connectivity index (χ4v) is 3.17. The molecule has 1 saturated heterocycles. The molecular weight excluding hydrogens is 314 g/mol. The molecule has 2 rings (SSSR count). The molecule has 0 radical (unpaired) electrons. The molecule has 138 valence electrons. The molecule has 1 fully saturated rings. The van der Waals surface area contributed by atoms with Crippen molar-refractivity contribution in [1.29, 1.82) is 0 Å². The second-order valence-corrected chi connectivity index (χ2v) is 7.10. The van der Waals surface area contributed by atoms with Crippen LogP contribution in [0.1, 0.15) is 43.7 Å². The summed E-state index contributed by atoms with van der Waals surface area (Å²) in [7, 11) is 1.89. The molecule has 1 aromatic rings. The Labute approximate surface area is 151 Å². The third-order valence-corrected chi connectivity index (χ3v) is 5.11. The average molecular weight is 345 g/mol. The van der Waals surface area contributed by atoms with Crippen molar-refractivity contribution in [1.82, 2.24) is 9.80 Å². The van der Waals surface area contributed by atoms with Gasteiger partial charge in [0.15, 0.2) is 0 Å². The number of unbranched alkanes of at least 4 members (excludes halogenated alkanes) is 1. The number of benzene rings is 1. The Morgan fingerprint density at radius 2 is 1.88 bits per heavy atom. The summed E-state index contributed by atoms with van der Waals surface area (Å²) in [6, 6.07) is 5.86. The van der Waals surface area contributed by atoms with E-state index in [9.17, 15) is 9.59 Å². The van der Waals surface area contributed by atoms with Crippen LogP contribution in [0.25, 0.3) is 0 Å². The van der Waals surface area contributed by atoms with E-state index in [4.69, 9.17) is 0 Å². The number of anilines is 1. The summed E-state index contributed by atoms with van der Waals surface area (Å²) in [5, 5.41) is 2.97. The Kier molecular flexibility index (Phi) is 6.85. The molecule has 1 aromatic carbocycles. The van der Waals surface area contributed by atoms with Gasteiger partial charge in [-0.3, -0.25) is 4.79 Å². The Balaban J connectivity index is 1.83. The van der Waals surface area contributed by atoms with Crippen LogP contribution in [0, 0.1) is 19.8 Å². The van der Waals surface area contributed by atoms with E-state index in [2.05, 4.69) is 19.2 Å². The first-order valence-corrected chi connectivity index (χ1v) is 9.30. The smallest absolute Gasteiger partial charge is 0.321 e. The van der Waals surface area contributed by atoms with Crippen LogP contribution in [0.15, 0.2) is 18.2 Å². The highest BCUT2D eigenvalue weighted by atomic mass is 16.2. The molecule has 0 spiro atoms. The molecule has 1 heterocycles. The first-order valence-electron chi connectivity index (χ1n) is 9.30. The van der Waals surface area contributed by atoms with E-state index in [1.54, 1.807) is 0 Å². The van der Waals surface area contributed by atoms with E-state index in [-0.39, 0.29) is 17.9 Å². The molecule has 1 N–H and O–H groups in total. The number of rotatable bonds is 5. The predicted molar refractivity (Wildman–Crippen MR) is 102 cm³/mol. The minimum absolute atomic E-state index is 0.0486. The Hall–Kier alpha value is -2.04. The summed E-state index contributed by atoms with van der Waals surface area (Å²) < 4.78 is 0. The van der Waals surface area contributed by atoms with Gasteiger partial charge in [0, 0.05) is 38.3 Å². The number of amides is 3. The molecule has 5 heteroatoms. The zero-order valence-corrected chi connectivity index (χ0v) is 16.0. The van der Waals surface area contributed by atoms with Gasteiger partial charge in [-0.1, -0.05) is 19.4 Å². The maximum Gasteiger partial charge on any atom is 0.321 e. The zero-order chi connectivity index (χ0) is 18.4. The first kappa shape index (κ1) is 19.3. The number of nitrogens with zero attached hydrogens (tertiary/aromatic N) is 2. The molecule has 5 nitrogen and oxygen atoms in total. The van der Waals surface area contributed by atoms with Gasteiger partial charge >= 0.3 is 6.03 Å². The highest BCUT2D eigenvalue weighted by Gasteiger charge is 2.29. The maximum atomic E-state index is 12.4. The second kappa shape index (κ2) is 8.88. The lowest BCUT2D eigenvalue weighted by atomic mass is 9.95. The van der Waals surface area contributed by atoms with Gasteiger partial charge in [-0.15, -0.1) is 0 Å². The van der Waals surface area contributed by atoms with E-state index in [1.165, 1.54) is 5.56 Å². The lowest BCUT2D eigenvalue weighted by Gasteiger charge is -2.33. The minimum Gasteiger partial charge on any atom is -0.346 e. The van der Waals surface area contributed by atoms with Crippen LogP contribution in [-0.2, 0) is 4.79 Å². The van der Waals surface area contributed by atoms with Gasteiger partial charge in [0.2, 0.25) is 5.91 Å². The summed E-state index contributed by atoms with van der Waals surface area (Å²) in [4.78, 5) is 28.5. The summed E-state index contributed by atoms with van der Waals surface area (Å²) >= 11 is 0. The van der Waals surface area contributed by atoms with E-state index in [1.807, 2.05) is 42.0 Å². The van der Waals surface area contributed by atoms with Gasteiger partial charge in [-0.05, 0) is 56.4 Å². The molecule has 1 aliphatic rings. The summed E-state index contributed by atoms with van der Waals surface area (Å²) in [6.45, 7) is 8.31. The van der Waals surface area contributed by atoms with Crippen molar-refractivity contribution in [3.05, 3.63) is 29.3 Å². The molecule has 0 unspecified atom stereocenters. The van der Waals surface area contributed by atoms with Gasteiger partial charge in [0.05, 0.1) is 0 Å². The van der Waals surface area contributed by atoms with Gasteiger partial charge in [0.25, 0.3) is 0 Å². The van der Waals surface area contributed by atoms with Crippen LogP contribution < -0.4 is 5.32 Å². The molecule has 0 saturated carbocycles. The fourth-order valence-electron chi connectivity index (χ4n) is 3.17. The lowest BCUT2D eigenvalue weighted by Crippen LogP contribution is -2.45. The van der Waals surface area contributed by atoms with Gasteiger partial charge in [0.1, 0.15) is 0 Å². The molecule has 25 heavy (non-hydrogen) atoms. The van der Waals surface area contributed by atoms with Gasteiger partial charge in [-0.2, -0.15) is 0 Å². The van der Waals surface area contributed by atoms with Gasteiger partial charge < -0.3 is 15.1 Å². The van der Waals surface area contributed by atoms with Crippen LogP contribution in [-0.4, -0.2) is 48.4 Å². The number of urea groups is 1. The van der Waals surface area contributed by atoms with Crippen LogP contribution in [0.3, 0.4) is 0 Å². The molecule has 0 aliphatic carbocycles. The number of likely N-dealkylation sites (tertiary alicyclic amines) is 1. The zero-order valence-electron chi connectivity index (χ0n) is 16.0. The molecule has 1 aliphatic heterocycles. The van der Waals surface area contributed by atoms with Crippen molar-refractivity contribution in [2.24, 2.45) is 5.92 Å². The van der Waals surface area contributed by atoms with Crippen molar-refractivity contribution >= 4 is 17.6 Å². The molecule has 0 bridgehead atoms. The maximum absolute atomic E-state index is 12.4.